The lowest BCUT2D eigenvalue weighted by atomic mass is 10.2. The summed E-state index contributed by atoms with van der Waals surface area (Å²) in [6, 6.07) is 6.97. The summed E-state index contributed by atoms with van der Waals surface area (Å²) in [6.45, 7) is 0.0431. The van der Waals surface area contributed by atoms with E-state index in [-0.39, 0.29) is 6.61 Å². The highest BCUT2D eigenvalue weighted by atomic mass is 79.9. The molecule has 0 N–H and O–H groups in total. The minimum absolute atomic E-state index is 0.0431. The fourth-order valence-corrected chi connectivity index (χ4v) is 1.71. The van der Waals surface area contributed by atoms with Crippen LogP contribution in [0.4, 0.5) is 8.78 Å². The van der Waals surface area contributed by atoms with E-state index in [0.717, 1.165) is 11.8 Å². The standard InChI is InChI=1S/C13H10BrF2NO/c14-6-11-3-4-12(7-17-11)18-8-9-1-2-10(15)5-13(9)16/h1-5,7H,6,8H2. The average Bonchev–Trinajstić information content (AvgIpc) is 2.38. The van der Waals surface area contributed by atoms with Crippen molar-refractivity contribution in [1.29, 1.82) is 0 Å². The van der Waals surface area contributed by atoms with Crippen LogP contribution in [-0.4, -0.2) is 4.98 Å². The van der Waals surface area contributed by atoms with Crippen LogP contribution in [0.25, 0.3) is 0 Å². The lowest BCUT2D eigenvalue weighted by molar-refractivity contribution is 0.298. The smallest absolute Gasteiger partial charge is 0.138 e. The second-order valence-electron chi connectivity index (χ2n) is 3.64. The molecule has 1 aromatic carbocycles. The van der Waals surface area contributed by atoms with Crippen LogP contribution in [0.2, 0.25) is 0 Å². The van der Waals surface area contributed by atoms with Gasteiger partial charge in [0.05, 0.1) is 11.9 Å². The Hall–Kier alpha value is -1.49. The zero-order valence-electron chi connectivity index (χ0n) is 9.37. The molecule has 2 nitrogen and oxygen atoms in total. The first-order valence-corrected chi connectivity index (χ1v) is 6.39. The van der Waals surface area contributed by atoms with Crippen molar-refractivity contribution in [3.05, 3.63) is 59.4 Å². The first kappa shape index (κ1) is 13.0. The van der Waals surface area contributed by atoms with Gasteiger partial charge < -0.3 is 4.74 Å². The molecule has 1 aromatic heterocycles. The maximum atomic E-state index is 13.3. The van der Waals surface area contributed by atoms with Crippen molar-refractivity contribution in [2.75, 3.05) is 0 Å². The summed E-state index contributed by atoms with van der Waals surface area (Å²) in [7, 11) is 0. The molecule has 0 aliphatic rings. The molecule has 94 valence electrons. The number of benzene rings is 1. The molecule has 0 aliphatic heterocycles. The summed E-state index contributed by atoms with van der Waals surface area (Å²) >= 11 is 3.29. The number of pyridine rings is 1. The third kappa shape index (κ3) is 3.26. The molecule has 0 spiro atoms. The Kier molecular flexibility index (Phi) is 4.25. The number of alkyl halides is 1. The molecule has 0 aliphatic carbocycles. The van der Waals surface area contributed by atoms with Crippen molar-refractivity contribution in [1.82, 2.24) is 4.98 Å². The van der Waals surface area contributed by atoms with Gasteiger partial charge in [-0.15, -0.1) is 0 Å². The highest BCUT2D eigenvalue weighted by Crippen LogP contribution is 2.15. The van der Waals surface area contributed by atoms with E-state index in [0.29, 0.717) is 16.6 Å². The van der Waals surface area contributed by atoms with Crippen LogP contribution in [0.1, 0.15) is 11.3 Å². The molecule has 0 saturated carbocycles. The average molecular weight is 314 g/mol. The normalized spacial score (nSPS) is 10.4. The van der Waals surface area contributed by atoms with E-state index in [4.69, 9.17) is 4.74 Å². The molecule has 0 atom stereocenters. The largest absolute Gasteiger partial charge is 0.487 e. The number of hydrogen-bond donors (Lipinski definition) is 0. The number of ether oxygens (including phenoxy) is 1. The molecule has 0 fully saturated rings. The van der Waals surface area contributed by atoms with E-state index in [1.807, 2.05) is 6.07 Å². The van der Waals surface area contributed by atoms with Gasteiger partial charge in [-0.25, -0.2) is 8.78 Å². The summed E-state index contributed by atoms with van der Waals surface area (Å²) in [5.41, 5.74) is 1.19. The van der Waals surface area contributed by atoms with E-state index >= 15 is 0 Å². The first-order valence-electron chi connectivity index (χ1n) is 5.26. The summed E-state index contributed by atoms with van der Waals surface area (Å²) in [4.78, 5) is 4.12. The van der Waals surface area contributed by atoms with E-state index in [1.165, 1.54) is 12.1 Å². The summed E-state index contributed by atoms with van der Waals surface area (Å²) < 4.78 is 31.4. The molecular weight excluding hydrogens is 304 g/mol. The summed E-state index contributed by atoms with van der Waals surface area (Å²) in [6.07, 6.45) is 1.57. The Labute approximate surface area is 112 Å². The molecule has 0 radical (unpaired) electrons. The Morgan fingerprint density at radius 1 is 1.17 bits per heavy atom. The second-order valence-corrected chi connectivity index (χ2v) is 4.20. The first-order chi connectivity index (χ1) is 8.69. The topological polar surface area (TPSA) is 22.1 Å². The highest BCUT2D eigenvalue weighted by Gasteiger charge is 2.04. The molecule has 0 saturated heterocycles. The zero-order chi connectivity index (χ0) is 13.0. The van der Waals surface area contributed by atoms with Gasteiger partial charge in [-0.2, -0.15) is 0 Å². The van der Waals surface area contributed by atoms with Crippen molar-refractivity contribution in [3.63, 3.8) is 0 Å². The van der Waals surface area contributed by atoms with E-state index in [9.17, 15) is 8.78 Å². The predicted octanol–water partition coefficient (Wildman–Crippen LogP) is 3.83. The maximum Gasteiger partial charge on any atom is 0.138 e. The van der Waals surface area contributed by atoms with Gasteiger partial charge in [-0.05, 0) is 24.3 Å². The van der Waals surface area contributed by atoms with Crippen LogP contribution in [0, 0.1) is 11.6 Å². The Morgan fingerprint density at radius 3 is 2.61 bits per heavy atom. The fourth-order valence-electron chi connectivity index (χ4n) is 1.38. The molecule has 5 heteroatoms. The van der Waals surface area contributed by atoms with Crippen LogP contribution < -0.4 is 4.74 Å². The van der Waals surface area contributed by atoms with Crippen LogP contribution in [0.3, 0.4) is 0 Å². The summed E-state index contributed by atoms with van der Waals surface area (Å²) in [5.74, 6) is -0.664. The van der Waals surface area contributed by atoms with Gasteiger partial charge in [0, 0.05) is 17.0 Å². The molecule has 1 heterocycles. The van der Waals surface area contributed by atoms with Crippen molar-refractivity contribution >= 4 is 15.9 Å². The third-order valence-electron chi connectivity index (χ3n) is 2.34. The van der Waals surface area contributed by atoms with Gasteiger partial charge in [0.1, 0.15) is 24.0 Å². The van der Waals surface area contributed by atoms with Gasteiger partial charge in [-0.3, -0.25) is 4.98 Å². The predicted molar refractivity (Wildman–Crippen MR) is 67.6 cm³/mol. The van der Waals surface area contributed by atoms with E-state index in [2.05, 4.69) is 20.9 Å². The van der Waals surface area contributed by atoms with Gasteiger partial charge in [-0.1, -0.05) is 15.9 Å². The molecule has 0 bridgehead atoms. The molecule has 0 amide bonds. The highest BCUT2D eigenvalue weighted by molar-refractivity contribution is 9.08. The molecule has 18 heavy (non-hydrogen) atoms. The molecule has 2 aromatic rings. The van der Waals surface area contributed by atoms with Crippen LogP contribution in [-0.2, 0) is 11.9 Å². The number of hydrogen-bond acceptors (Lipinski definition) is 2. The third-order valence-corrected chi connectivity index (χ3v) is 2.92. The van der Waals surface area contributed by atoms with Crippen LogP contribution in [0.15, 0.2) is 36.5 Å². The van der Waals surface area contributed by atoms with Crippen LogP contribution >= 0.6 is 15.9 Å². The lowest BCUT2D eigenvalue weighted by Gasteiger charge is -2.07. The zero-order valence-corrected chi connectivity index (χ0v) is 11.0. The number of aromatic nitrogens is 1. The Bertz CT molecular complexity index is 531. The van der Waals surface area contributed by atoms with Crippen molar-refractivity contribution in [2.45, 2.75) is 11.9 Å². The van der Waals surface area contributed by atoms with Gasteiger partial charge >= 0.3 is 0 Å². The van der Waals surface area contributed by atoms with Gasteiger partial charge in [0.25, 0.3) is 0 Å². The molecule has 2 rings (SSSR count). The Balaban J connectivity index is 2.02. The quantitative estimate of drug-likeness (QED) is 0.800. The van der Waals surface area contributed by atoms with Crippen molar-refractivity contribution in [2.24, 2.45) is 0 Å². The number of halogens is 3. The minimum Gasteiger partial charge on any atom is -0.487 e. The second kappa shape index (κ2) is 5.91. The monoisotopic (exact) mass is 313 g/mol. The van der Waals surface area contributed by atoms with Gasteiger partial charge in [0.2, 0.25) is 0 Å². The number of rotatable bonds is 4. The van der Waals surface area contributed by atoms with E-state index < -0.39 is 11.6 Å². The SMILES string of the molecule is Fc1ccc(COc2ccc(CBr)nc2)c(F)c1. The lowest BCUT2D eigenvalue weighted by Crippen LogP contribution is -1.99. The maximum absolute atomic E-state index is 13.3. The minimum atomic E-state index is -0.611. The van der Waals surface area contributed by atoms with Crippen molar-refractivity contribution < 1.29 is 13.5 Å². The molecular formula is C13H10BrF2NO. The van der Waals surface area contributed by atoms with Crippen molar-refractivity contribution in [3.8, 4) is 5.75 Å². The summed E-state index contributed by atoms with van der Waals surface area (Å²) in [5, 5.41) is 0.667. The van der Waals surface area contributed by atoms with Gasteiger partial charge in [0.15, 0.2) is 0 Å². The van der Waals surface area contributed by atoms with Crippen LogP contribution in [0.5, 0.6) is 5.75 Å². The molecule has 0 unspecified atom stereocenters. The fraction of sp³-hybridized carbons (Fsp3) is 0.154. The Morgan fingerprint density at radius 2 is 2.00 bits per heavy atom. The number of nitrogens with zero attached hydrogens (tertiary/aromatic N) is 1. The van der Waals surface area contributed by atoms with E-state index in [1.54, 1.807) is 12.3 Å².